The second-order valence-electron chi connectivity index (χ2n) is 4.83. The highest BCUT2D eigenvalue weighted by Gasteiger charge is 2.32. The Labute approximate surface area is 127 Å². The van der Waals surface area contributed by atoms with Crippen LogP contribution in [0.15, 0.2) is 67.3 Å². The van der Waals surface area contributed by atoms with Crippen LogP contribution in [0.1, 0.15) is 11.1 Å². The summed E-state index contributed by atoms with van der Waals surface area (Å²) in [5, 5.41) is 16.0. The summed E-state index contributed by atoms with van der Waals surface area (Å²) in [5.41, 5.74) is 0.357. The van der Waals surface area contributed by atoms with Crippen molar-refractivity contribution in [2.45, 2.75) is 12.1 Å². The summed E-state index contributed by atoms with van der Waals surface area (Å²) in [7, 11) is 0. The van der Waals surface area contributed by atoms with Crippen LogP contribution in [0.2, 0.25) is 5.02 Å². The fraction of sp³-hybridized carbons (Fsp3) is 0.125. The van der Waals surface area contributed by atoms with E-state index in [-0.39, 0.29) is 6.54 Å². The van der Waals surface area contributed by atoms with E-state index < -0.39 is 5.60 Å². The Kier molecular flexibility index (Phi) is 3.73. The summed E-state index contributed by atoms with van der Waals surface area (Å²) < 4.78 is 1.61. The van der Waals surface area contributed by atoms with Crippen LogP contribution in [-0.4, -0.2) is 19.9 Å². The highest BCUT2D eigenvalue weighted by atomic mass is 35.5. The molecule has 0 aliphatic heterocycles. The summed E-state index contributed by atoms with van der Waals surface area (Å²) in [5.74, 6) is 0. The Balaban J connectivity index is 2.08. The topological polar surface area (TPSA) is 50.9 Å². The van der Waals surface area contributed by atoms with Crippen LogP contribution >= 0.6 is 11.6 Å². The number of hydrogen-bond donors (Lipinski definition) is 1. The number of aromatic nitrogens is 3. The summed E-state index contributed by atoms with van der Waals surface area (Å²) >= 11 is 5.94. The lowest BCUT2D eigenvalue weighted by Gasteiger charge is -2.29. The van der Waals surface area contributed by atoms with Gasteiger partial charge >= 0.3 is 0 Å². The predicted octanol–water partition coefficient (Wildman–Crippen LogP) is 2.87. The molecule has 1 unspecified atom stereocenters. The van der Waals surface area contributed by atoms with E-state index in [2.05, 4.69) is 10.1 Å². The van der Waals surface area contributed by atoms with Gasteiger partial charge in [-0.3, -0.25) is 0 Å². The number of hydrogen-bond acceptors (Lipinski definition) is 3. The number of rotatable bonds is 4. The third-order valence-corrected chi connectivity index (χ3v) is 3.68. The molecule has 0 aliphatic carbocycles. The molecule has 0 saturated carbocycles. The zero-order valence-electron chi connectivity index (χ0n) is 11.2. The molecular formula is C16H14ClN3O. The summed E-state index contributed by atoms with van der Waals surface area (Å²) in [6.45, 7) is 0.276. The molecule has 0 radical (unpaired) electrons. The Hall–Kier alpha value is -2.17. The molecule has 2 aromatic carbocycles. The zero-order chi connectivity index (χ0) is 14.7. The molecule has 1 atom stereocenters. The van der Waals surface area contributed by atoms with Gasteiger partial charge in [0.25, 0.3) is 0 Å². The highest BCUT2D eigenvalue weighted by Crippen LogP contribution is 2.31. The molecule has 0 amide bonds. The van der Waals surface area contributed by atoms with Crippen LogP contribution in [0.5, 0.6) is 0 Å². The van der Waals surface area contributed by atoms with E-state index >= 15 is 0 Å². The minimum atomic E-state index is -1.19. The van der Waals surface area contributed by atoms with E-state index in [9.17, 15) is 5.11 Å². The smallest absolute Gasteiger partial charge is 0.137 e. The van der Waals surface area contributed by atoms with Crippen molar-refractivity contribution in [3.05, 3.63) is 83.4 Å². The lowest BCUT2D eigenvalue weighted by molar-refractivity contribution is 0.0572. The van der Waals surface area contributed by atoms with Crippen molar-refractivity contribution in [2.24, 2.45) is 0 Å². The van der Waals surface area contributed by atoms with E-state index in [0.717, 1.165) is 11.1 Å². The van der Waals surface area contributed by atoms with E-state index in [1.54, 1.807) is 23.1 Å². The lowest BCUT2D eigenvalue weighted by Crippen LogP contribution is -2.33. The molecule has 4 nitrogen and oxygen atoms in total. The molecule has 3 aromatic rings. The van der Waals surface area contributed by atoms with Crippen LogP contribution in [0.4, 0.5) is 0 Å². The molecule has 5 heteroatoms. The Morgan fingerprint density at radius 2 is 1.67 bits per heavy atom. The van der Waals surface area contributed by atoms with E-state index in [4.69, 9.17) is 11.6 Å². The van der Waals surface area contributed by atoms with Gasteiger partial charge in [0.05, 0.1) is 6.54 Å². The van der Waals surface area contributed by atoms with Gasteiger partial charge in [-0.15, -0.1) is 0 Å². The molecule has 1 N–H and O–H groups in total. The van der Waals surface area contributed by atoms with Gasteiger partial charge in [0.2, 0.25) is 0 Å². The van der Waals surface area contributed by atoms with Gasteiger partial charge in [0.15, 0.2) is 0 Å². The quantitative estimate of drug-likeness (QED) is 0.806. The Morgan fingerprint density at radius 3 is 2.29 bits per heavy atom. The molecule has 3 rings (SSSR count). The van der Waals surface area contributed by atoms with Crippen molar-refractivity contribution < 1.29 is 5.11 Å². The van der Waals surface area contributed by atoms with Gasteiger partial charge < -0.3 is 5.11 Å². The van der Waals surface area contributed by atoms with E-state index in [1.807, 2.05) is 42.5 Å². The first-order chi connectivity index (χ1) is 10.2. The average molecular weight is 300 g/mol. The van der Waals surface area contributed by atoms with Crippen LogP contribution in [0, 0.1) is 0 Å². The molecule has 1 heterocycles. The average Bonchev–Trinajstić information content (AvgIpc) is 3.01. The summed E-state index contributed by atoms with van der Waals surface area (Å²) in [4.78, 5) is 3.93. The second kappa shape index (κ2) is 5.68. The van der Waals surface area contributed by atoms with Crippen molar-refractivity contribution >= 4 is 11.6 Å². The first-order valence-corrected chi connectivity index (χ1v) is 6.93. The maximum absolute atomic E-state index is 11.3. The number of halogens is 1. The molecule has 0 aliphatic rings. The Morgan fingerprint density at radius 1 is 1.00 bits per heavy atom. The van der Waals surface area contributed by atoms with Crippen molar-refractivity contribution in [3.8, 4) is 0 Å². The van der Waals surface area contributed by atoms with Crippen LogP contribution in [0.3, 0.4) is 0 Å². The van der Waals surface area contributed by atoms with Crippen LogP contribution in [-0.2, 0) is 12.1 Å². The van der Waals surface area contributed by atoms with Gasteiger partial charge in [-0.2, -0.15) is 5.10 Å². The summed E-state index contributed by atoms with van der Waals surface area (Å²) in [6, 6.07) is 16.7. The molecular weight excluding hydrogens is 286 g/mol. The Bertz CT molecular complexity index is 698. The third kappa shape index (κ3) is 2.82. The predicted molar refractivity (Wildman–Crippen MR) is 80.9 cm³/mol. The van der Waals surface area contributed by atoms with Gasteiger partial charge in [0.1, 0.15) is 18.3 Å². The van der Waals surface area contributed by atoms with Crippen molar-refractivity contribution in [1.82, 2.24) is 14.8 Å². The molecule has 21 heavy (non-hydrogen) atoms. The van der Waals surface area contributed by atoms with E-state index in [1.165, 1.54) is 6.33 Å². The van der Waals surface area contributed by atoms with Crippen molar-refractivity contribution in [3.63, 3.8) is 0 Å². The standard InChI is InChI=1S/C16H14ClN3O/c17-15-8-6-14(7-9-15)16(21,10-20-12-18-11-19-20)13-4-2-1-3-5-13/h1-9,11-12,21H,10H2. The van der Waals surface area contributed by atoms with E-state index in [0.29, 0.717) is 5.02 Å². The largest absolute Gasteiger partial charge is 0.378 e. The SMILES string of the molecule is OC(Cn1cncn1)(c1ccccc1)c1ccc(Cl)cc1. The maximum atomic E-state index is 11.3. The van der Waals surface area contributed by atoms with Crippen LogP contribution < -0.4 is 0 Å². The number of nitrogens with zero attached hydrogens (tertiary/aromatic N) is 3. The first kappa shape index (κ1) is 13.8. The van der Waals surface area contributed by atoms with Crippen molar-refractivity contribution in [2.75, 3.05) is 0 Å². The molecule has 0 fully saturated rings. The molecule has 0 spiro atoms. The highest BCUT2D eigenvalue weighted by molar-refractivity contribution is 6.30. The molecule has 0 saturated heterocycles. The fourth-order valence-electron chi connectivity index (χ4n) is 2.34. The maximum Gasteiger partial charge on any atom is 0.137 e. The summed E-state index contributed by atoms with van der Waals surface area (Å²) in [6.07, 6.45) is 3.04. The fourth-order valence-corrected chi connectivity index (χ4v) is 2.46. The van der Waals surface area contributed by atoms with Gasteiger partial charge in [-0.25, -0.2) is 9.67 Å². The van der Waals surface area contributed by atoms with Crippen molar-refractivity contribution in [1.29, 1.82) is 0 Å². The van der Waals surface area contributed by atoms with Gasteiger partial charge in [-0.05, 0) is 23.3 Å². The first-order valence-electron chi connectivity index (χ1n) is 6.55. The molecule has 1 aromatic heterocycles. The number of benzene rings is 2. The lowest BCUT2D eigenvalue weighted by atomic mass is 9.86. The minimum absolute atomic E-state index is 0.276. The monoisotopic (exact) mass is 299 g/mol. The molecule has 0 bridgehead atoms. The normalized spacial score (nSPS) is 13.8. The molecule has 106 valence electrons. The van der Waals surface area contributed by atoms with Gasteiger partial charge in [0, 0.05) is 5.02 Å². The minimum Gasteiger partial charge on any atom is -0.378 e. The number of aliphatic hydroxyl groups is 1. The second-order valence-corrected chi connectivity index (χ2v) is 5.26. The zero-order valence-corrected chi connectivity index (χ0v) is 12.0. The third-order valence-electron chi connectivity index (χ3n) is 3.43. The van der Waals surface area contributed by atoms with Gasteiger partial charge in [-0.1, -0.05) is 54.1 Å². The van der Waals surface area contributed by atoms with Crippen LogP contribution in [0.25, 0.3) is 0 Å².